The molecule has 0 aliphatic heterocycles. The van der Waals surface area contributed by atoms with Crippen LogP contribution >= 0.6 is 0 Å². The number of carboxylic acids is 1. The van der Waals surface area contributed by atoms with Gasteiger partial charge in [0.1, 0.15) is 5.75 Å². The SMILES string of the molecule is COc1ccc(C)cc1CN(C)CC1CC1C(=O)O. The Morgan fingerprint density at radius 1 is 1.53 bits per heavy atom. The van der Waals surface area contributed by atoms with Gasteiger partial charge in [-0.15, -0.1) is 0 Å². The Bertz CT molecular complexity index is 472. The third-order valence-electron chi connectivity index (χ3n) is 3.66. The molecule has 1 aliphatic rings. The minimum absolute atomic E-state index is 0.137. The van der Waals surface area contributed by atoms with Gasteiger partial charge >= 0.3 is 5.97 Å². The van der Waals surface area contributed by atoms with E-state index in [1.807, 2.05) is 19.2 Å². The summed E-state index contributed by atoms with van der Waals surface area (Å²) < 4.78 is 5.36. The molecule has 4 nitrogen and oxygen atoms in total. The molecular weight excluding hydrogens is 242 g/mol. The van der Waals surface area contributed by atoms with Crippen LogP contribution in [0.25, 0.3) is 0 Å². The summed E-state index contributed by atoms with van der Waals surface area (Å²) in [6.07, 6.45) is 0.810. The van der Waals surface area contributed by atoms with Crippen molar-refractivity contribution in [1.82, 2.24) is 4.90 Å². The molecule has 1 aromatic carbocycles. The third kappa shape index (κ3) is 3.47. The summed E-state index contributed by atoms with van der Waals surface area (Å²) in [5.74, 6) is 0.398. The minimum atomic E-state index is -0.661. The monoisotopic (exact) mass is 263 g/mol. The molecule has 2 unspecified atom stereocenters. The van der Waals surface area contributed by atoms with Crippen LogP contribution in [-0.4, -0.2) is 36.7 Å². The first-order valence-corrected chi connectivity index (χ1v) is 6.56. The van der Waals surface area contributed by atoms with E-state index in [4.69, 9.17) is 9.84 Å². The lowest BCUT2D eigenvalue weighted by molar-refractivity contribution is -0.138. The van der Waals surface area contributed by atoms with Gasteiger partial charge in [0.15, 0.2) is 0 Å². The summed E-state index contributed by atoms with van der Waals surface area (Å²) in [5, 5.41) is 8.91. The quantitative estimate of drug-likeness (QED) is 0.854. The number of nitrogens with zero attached hydrogens (tertiary/aromatic N) is 1. The van der Waals surface area contributed by atoms with Gasteiger partial charge in [0.25, 0.3) is 0 Å². The van der Waals surface area contributed by atoms with Crippen molar-refractivity contribution >= 4 is 5.97 Å². The molecule has 1 fully saturated rings. The van der Waals surface area contributed by atoms with E-state index in [0.717, 1.165) is 30.8 Å². The Labute approximate surface area is 114 Å². The van der Waals surface area contributed by atoms with Crippen LogP contribution in [-0.2, 0) is 11.3 Å². The fourth-order valence-corrected chi connectivity index (χ4v) is 2.54. The van der Waals surface area contributed by atoms with Gasteiger partial charge in [-0.3, -0.25) is 4.79 Å². The maximum absolute atomic E-state index is 10.8. The maximum atomic E-state index is 10.8. The summed E-state index contributed by atoms with van der Waals surface area (Å²) in [6, 6.07) is 6.14. The third-order valence-corrected chi connectivity index (χ3v) is 3.66. The molecule has 1 aromatic rings. The molecule has 1 N–H and O–H groups in total. The van der Waals surface area contributed by atoms with Crippen LogP contribution in [0.4, 0.5) is 0 Å². The fourth-order valence-electron chi connectivity index (χ4n) is 2.54. The van der Waals surface area contributed by atoms with Crippen molar-refractivity contribution in [3.05, 3.63) is 29.3 Å². The average Bonchev–Trinajstić information content (AvgIpc) is 3.08. The molecule has 2 rings (SSSR count). The highest BCUT2D eigenvalue weighted by molar-refractivity contribution is 5.73. The highest BCUT2D eigenvalue weighted by atomic mass is 16.5. The second-order valence-corrected chi connectivity index (χ2v) is 5.45. The topological polar surface area (TPSA) is 49.8 Å². The smallest absolute Gasteiger partial charge is 0.306 e. The van der Waals surface area contributed by atoms with Crippen molar-refractivity contribution in [2.75, 3.05) is 20.7 Å². The van der Waals surface area contributed by atoms with Crippen LogP contribution in [0.15, 0.2) is 18.2 Å². The van der Waals surface area contributed by atoms with E-state index in [-0.39, 0.29) is 5.92 Å². The van der Waals surface area contributed by atoms with Crippen LogP contribution in [0, 0.1) is 18.8 Å². The lowest BCUT2D eigenvalue weighted by atomic mass is 10.1. The molecule has 0 heterocycles. The first-order valence-electron chi connectivity index (χ1n) is 6.56. The van der Waals surface area contributed by atoms with Crippen molar-refractivity contribution in [3.8, 4) is 5.75 Å². The molecular formula is C15H21NO3. The molecule has 0 bridgehead atoms. The molecule has 0 spiro atoms. The van der Waals surface area contributed by atoms with Gasteiger partial charge < -0.3 is 14.7 Å². The van der Waals surface area contributed by atoms with E-state index in [2.05, 4.69) is 17.9 Å². The van der Waals surface area contributed by atoms with E-state index < -0.39 is 5.97 Å². The zero-order chi connectivity index (χ0) is 14.0. The van der Waals surface area contributed by atoms with Gasteiger partial charge in [-0.25, -0.2) is 0 Å². The second-order valence-electron chi connectivity index (χ2n) is 5.45. The van der Waals surface area contributed by atoms with E-state index in [1.54, 1.807) is 7.11 Å². The molecule has 0 aromatic heterocycles. The number of benzene rings is 1. The molecule has 1 aliphatic carbocycles. The number of methoxy groups -OCH3 is 1. The number of aliphatic carboxylic acids is 1. The van der Waals surface area contributed by atoms with Crippen molar-refractivity contribution in [2.45, 2.75) is 19.9 Å². The van der Waals surface area contributed by atoms with E-state index in [9.17, 15) is 4.79 Å². The standard InChI is InChI=1S/C15H21NO3/c1-10-4-5-14(19-3)12(6-10)9-16(2)8-11-7-13(11)15(17)18/h4-6,11,13H,7-9H2,1-3H3,(H,17,18). The first-order chi connectivity index (χ1) is 9.01. The van der Waals surface area contributed by atoms with Crippen molar-refractivity contribution in [1.29, 1.82) is 0 Å². The largest absolute Gasteiger partial charge is 0.496 e. The molecule has 0 amide bonds. The lowest BCUT2D eigenvalue weighted by Crippen LogP contribution is -2.22. The summed E-state index contributed by atoms with van der Waals surface area (Å²) in [4.78, 5) is 13.0. The number of carboxylic acid groups (broad SMARTS) is 1. The summed E-state index contributed by atoms with van der Waals surface area (Å²) >= 11 is 0. The van der Waals surface area contributed by atoms with Gasteiger partial charge in [-0.1, -0.05) is 17.7 Å². The number of hydrogen-bond donors (Lipinski definition) is 1. The molecule has 0 saturated heterocycles. The Hall–Kier alpha value is -1.55. The normalized spacial score (nSPS) is 21.5. The second kappa shape index (κ2) is 5.61. The first kappa shape index (κ1) is 13.9. The van der Waals surface area contributed by atoms with Gasteiger partial charge in [-0.2, -0.15) is 0 Å². The van der Waals surface area contributed by atoms with Gasteiger partial charge in [0, 0.05) is 18.7 Å². The number of ether oxygens (including phenoxy) is 1. The number of carbonyl (C=O) groups is 1. The van der Waals surface area contributed by atoms with Gasteiger partial charge in [0.05, 0.1) is 13.0 Å². The molecule has 1 saturated carbocycles. The Morgan fingerprint density at radius 2 is 2.26 bits per heavy atom. The average molecular weight is 263 g/mol. The van der Waals surface area contributed by atoms with Crippen LogP contribution in [0.1, 0.15) is 17.5 Å². The Kier molecular flexibility index (Phi) is 4.10. The van der Waals surface area contributed by atoms with E-state index >= 15 is 0 Å². The Balaban J connectivity index is 1.94. The van der Waals surface area contributed by atoms with Crippen LogP contribution < -0.4 is 4.74 Å². The van der Waals surface area contributed by atoms with Crippen molar-refractivity contribution < 1.29 is 14.6 Å². The predicted molar refractivity (Wildman–Crippen MR) is 73.3 cm³/mol. The van der Waals surface area contributed by atoms with Crippen LogP contribution in [0.2, 0.25) is 0 Å². The molecule has 104 valence electrons. The molecule has 19 heavy (non-hydrogen) atoms. The van der Waals surface area contributed by atoms with Crippen molar-refractivity contribution in [3.63, 3.8) is 0 Å². The fraction of sp³-hybridized carbons (Fsp3) is 0.533. The molecule has 2 atom stereocenters. The van der Waals surface area contributed by atoms with E-state index in [0.29, 0.717) is 5.92 Å². The number of hydrogen-bond acceptors (Lipinski definition) is 3. The van der Waals surface area contributed by atoms with Crippen LogP contribution in [0.3, 0.4) is 0 Å². The highest BCUT2D eigenvalue weighted by Gasteiger charge is 2.43. The zero-order valence-electron chi connectivity index (χ0n) is 11.7. The summed E-state index contributed by atoms with van der Waals surface area (Å²) in [6.45, 7) is 3.67. The predicted octanol–water partition coefficient (Wildman–Crippen LogP) is 2.16. The van der Waals surface area contributed by atoms with Gasteiger partial charge in [-0.05, 0) is 32.4 Å². The molecule has 0 radical (unpaired) electrons. The summed E-state index contributed by atoms with van der Waals surface area (Å²) in [5.41, 5.74) is 2.36. The van der Waals surface area contributed by atoms with Crippen molar-refractivity contribution in [2.24, 2.45) is 11.8 Å². The van der Waals surface area contributed by atoms with Crippen LogP contribution in [0.5, 0.6) is 5.75 Å². The lowest BCUT2D eigenvalue weighted by Gasteiger charge is -2.18. The number of rotatable bonds is 6. The van der Waals surface area contributed by atoms with Gasteiger partial charge in [0.2, 0.25) is 0 Å². The number of aryl methyl sites for hydroxylation is 1. The molecule has 4 heteroatoms. The summed E-state index contributed by atoms with van der Waals surface area (Å²) in [7, 11) is 3.70. The zero-order valence-corrected chi connectivity index (χ0v) is 11.7. The minimum Gasteiger partial charge on any atom is -0.496 e. The maximum Gasteiger partial charge on any atom is 0.306 e. The highest BCUT2D eigenvalue weighted by Crippen LogP contribution is 2.39. The Morgan fingerprint density at radius 3 is 2.84 bits per heavy atom. The van der Waals surface area contributed by atoms with E-state index in [1.165, 1.54) is 5.56 Å².